The predicted octanol–water partition coefficient (Wildman–Crippen LogP) is 2.60. The van der Waals surface area contributed by atoms with Gasteiger partial charge < -0.3 is 10.1 Å². The summed E-state index contributed by atoms with van der Waals surface area (Å²) < 4.78 is 4.88. The third-order valence-electron chi connectivity index (χ3n) is 6.57. The zero-order chi connectivity index (χ0) is 20.4. The van der Waals surface area contributed by atoms with Gasteiger partial charge >= 0.3 is 6.09 Å². The maximum absolute atomic E-state index is 13.0. The smallest absolute Gasteiger partial charge is 0.413 e. The molecule has 9 heteroatoms. The minimum atomic E-state index is -0.705. The van der Waals surface area contributed by atoms with Crippen molar-refractivity contribution in [2.45, 2.75) is 85.6 Å². The van der Waals surface area contributed by atoms with Gasteiger partial charge in [0, 0.05) is 16.5 Å². The molecule has 0 aromatic carbocycles. The summed E-state index contributed by atoms with van der Waals surface area (Å²) in [6.07, 6.45) is 8.33. The molecule has 0 radical (unpaired) electrons. The molecule has 7 atom stereocenters. The molecule has 0 spiro atoms. The van der Waals surface area contributed by atoms with Crippen molar-refractivity contribution in [3.63, 3.8) is 0 Å². The van der Waals surface area contributed by atoms with E-state index >= 15 is 0 Å². The van der Waals surface area contributed by atoms with Gasteiger partial charge in [-0.3, -0.25) is 20.2 Å². The first-order valence-corrected chi connectivity index (χ1v) is 12.8. The fourth-order valence-corrected chi connectivity index (χ4v) is 8.59. The van der Waals surface area contributed by atoms with Crippen LogP contribution in [0.15, 0.2) is 0 Å². The molecular weight excluding hydrogens is 410 g/mol. The van der Waals surface area contributed by atoms with Gasteiger partial charge in [-0.15, -0.1) is 23.5 Å². The number of carbonyl (C=O) groups excluding carboxylic acids is 3. The molecule has 162 valence electrons. The quantitative estimate of drug-likeness (QED) is 0.617. The van der Waals surface area contributed by atoms with E-state index in [-0.39, 0.29) is 35.1 Å². The van der Waals surface area contributed by atoms with Crippen molar-refractivity contribution in [2.75, 3.05) is 6.61 Å². The molecule has 2 saturated heterocycles. The minimum Gasteiger partial charge on any atom is -0.450 e. The molecule has 29 heavy (non-hydrogen) atoms. The van der Waals surface area contributed by atoms with Crippen molar-refractivity contribution in [1.82, 2.24) is 16.0 Å². The number of imide groups is 1. The summed E-state index contributed by atoms with van der Waals surface area (Å²) >= 11 is 3.43. The molecule has 0 bridgehead atoms. The van der Waals surface area contributed by atoms with Crippen LogP contribution in [0.3, 0.4) is 0 Å². The van der Waals surface area contributed by atoms with Gasteiger partial charge in [-0.2, -0.15) is 0 Å². The summed E-state index contributed by atoms with van der Waals surface area (Å²) in [5.74, 6) is -0.557. The normalized spacial score (nSPS) is 38.6. The van der Waals surface area contributed by atoms with Crippen LogP contribution in [0.4, 0.5) is 4.79 Å². The first kappa shape index (κ1) is 21.3. The van der Waals surface area contributed by atoms with Crippen LogP contribution in [0.25, 0.3) is 0 Å². The van der Waals surface area contributed by atoms with E-state index in [9.17, 15) is 14.4 Å². The third-order valence-corrected chi connectivity index (χ3v) is 9.74. The molecule has 2 aliphatic carbocycles. The van der Waals surface area contributed by atoms with E-state index < -0.39 is 12.0 Å². The lowest BCUT2D eigenvalue weighted by atomic mass is 9.79. The molecule has 0 aromatic rings. The molecule has 4 aliphatic rings. The molecule has 7 nitrogen and oxygen atoms in total. The summed E-state index contributed by atoms with van der Waals surface area (Å²) in [7, 11) is 0. The maximum Gasteiger partial charge on any atom is 0.413 e. The van der Waals surface area contributed by atoms with Crippen molar-refractivity contribution in [3.8, 4) is 0 Å². The van der Waals surface area contributed by atoms with Gasteiger partial charge in [0.2, 0.25) is 11.8 Å². The van der Waals surface area contributed by atoms with E-state index in [0.717, 1.165) is 32.1 Å². The SMILES string of the molecule is CCOC(=O)NC(=O)C1C(NC(=O)C2NC3CCCCC3S2)SC2CCCCC21. The second-order valence-corrected chi connectivity index (χ2v) is 11.1. The van der Waals surface area contributed by atoms with Crippen LogP contribution in [-0.4, -0.2) is 51.8 Å². The molecule has 4 fully saturated rings. The van der Waals surface area contributed by atoms with Gasteiger partial charge in [-0.1, -0.05) is 25.7 Å². The summed E-state index contributed by atoms with van der Waals surface area (Å²) in [6.45, 7) is 1.93. The maximum atomic E-state index is 13.0. The van der Waals surface area contributed by atoms with Crippen molar-refractivity contribution in [2.24, 2.45) is 11.8 Å². The van der Waals surface area contributed by atoms with Crippen LogP contribution in [0.2, 0.25) is 0 Å². The number of fused-ring (bicyclic) bond motifs is 2. The topological polar surface area (TPSA) is 96.5 Å². The van der Waals surface area contributed by atoms with Crippen LogP contribution >= 0.6 is 23.5 Å². The number of thioether (sulfide) groups is 2. The van der Waals surface area contributed by atoms with E-state index in [0.29, 0.717) is 16.5 Å². The Morgan fingerprint density at radius 1 is 0.966 bits per heavy atom. The van der Waals surface area contributed by atoms with E-state index in [1.807, 2.05) is 0 Å². The van der Waals surface area contributed by atoms with E-state index in [1.165, 1.54) is 19.3 Å². The second kappa shape index (κ2) is 9.47. The number of hydrogen-bond donors (Lipinski definition) is 3. The monoisotopic (exact) mass is 441 g/mol. The second-order valence-electron chi connectivity index (χ2n) is 8.40. The Hall–Kier alpha value is -0.930. The largest absolute Gasteiger partial charge is 0.450 e. The molecular formula is C20H31N3O4S2. The molecule has 0 aromatic heterocycles. The van der Waals surface area contributed by atoms with Crippen molar-refractivity contribution in [1.29, 1.82) is 0 Å². The van der Waals surface area contributed by atoms with Crippen LogP contribution in [0.1, 0.15) is 58.3 Å². The van der Waals surface area contributed by atoms with E-state index in [1.54, 1.807) is 30.4 Å². The van der Waals surface area contributed by atoms with Gasteiger partial charge in [0.15, 0.2) is 0 Å². The molecule has 2 saturated carbocycles. The average Bonchev–Trinajstić information content (AvgIpc) is 3.29. The zero-order valence-corrected chi connectivity index (χ0v) is 18.5. The summed E-state index contributed by atoms with van der Waals surface area (Å²) in [5.41, 5.74) is 0. The summed E-state index contributed by atoms with van der Waals surface area (Å²) in [6, 6.07) is 0.422. The first-order chi connectivity index (χ1) is 14.1. The Morgan fingerprint density at radius 2 is 1.69 bits per heavy atom. The molecule has 3 amide bonds. The van der Waals surface area contributed by atoms with Gasteiger partial charge in [0.05, 0.1) is 17.9 Å². The predicted molar refractivity (Wildman–Crippen MR) is 114 cm³/mol. The Kier molecular flexibility index (Phi) is 6.96. The van der Waals surface area contributed by atoms with E-state index in [2.05, 4.69) is 16.0 Å². The van der Waals surface area contributed by atoms with Crippen LogP contribution < -0.4 is 16.0 Å². The van der Waals surface area contributed by atoms with Gasteiger partial charge in [0.25, 0.3) is 0 Å². The Morgan fingerprint density at radius 3 is 2.45 bits per heavy atom. The molecule has 2 heterocycles. The number of ether oxygens (including phenoxy) is 1. The standard InChI is InChI=1S/C20H31N3O4S2/c1-2-27-20(26)23-16(24)15-11-7-3-5-9-13(11)28-18(15)22-17(25)19-21-12-8-4-6-10-14(12)29-19/h11-15,18-19,21H,2-10H2,1H3,(H,22,25)(H,23,24,26). The first-order valence-electron chi connectivity index (χ1n) is 10.9. The number of carbonyl (C=O) groups is 3. The highest BCUT2D eigenvalue weighted by molar-refractivity contribution is 8.01. The lowest BCUT2D eigenvalue weighted by molar-refractivity contribution is -0.127. The number of hydrogen-bond acceptors (Lipinski definition) is 7. The van der Waals surface area contributed by atoms with E-state index in [4.69, 9.17) is 4.74 Å². The number of rotatable bonds is 4. The van der Waals surface area contributed by atoms with Gasteiger partial charge in [-0.25, -0.2) is 4.79 Å². The lowest BCUT2D eigenvalue weighted by Crippen LogP contribution is -2.50. The number of alkyl carbamates (subject to hydrolysis) is 1. The van der Waals surface area contributed by atoms with Crippen molar-refractivity contribution in [3.05, 3.63) is 0 Å². The molecule has 4 rings (SSSR count). The van der Waals surface area contributed by atoms with Crippen molar-refractivity contribution >= 4 is 41.4 Å². The lowest BCUT2D eigenvalue weighted by Gasteiger charge is -2.28. The Labute approximate surface area is 180 Å². The van der Waals surface area contributed by atoms with Gasteiger partial charge in [0.1, 0.15) is 5.37 Å². The third kappa shape index (κ3) is 4.71. The van der Waals surface area contributed by atoms with Crippen LogP contribution in [0, 0.1) is 11.8 Å². The summed E-state index contributed by atoms with van der Waals surface area (Å²) in [4.78, 5) is 37.7. The Balaban J connectivity index is 1.41. The summed E-state index contributed by atoms with van der Waals surface area (Å²) in [5, 5.41) is 9.35. The number of amides is 3. The number of nitrogens with one attached hydrogen (secondary N) is 3. The van der Waals surface area contributed by atoms with Crippen molar-refractivity contribution < 1.29 is 19.1 Å². The highest BCUT2D eigenvalue weighted by atomic mass is 32.2. The van der Waals surface area contributed by atoms with Crippen LogP contribution in [0.5, 0.6) is 0 Å². The highest BCUT2D eigenvalue weighted by Gasteiger charge is 2.50. The van der Waals surface area contributed by atoms with Crippen LogP contribution in [-0.2, 0) is 14.3 Å². The highest BCUT2D eigenvalue weighted by Crippen LogP contribution is 2.49. The minimum absolute atomic E-state index is 0.0329. The Bertz CT molecular complexity index is 635. The molecule has 7 unspecified atom stereocenters. The average molecular weight is 442 g/mol. The fourth-order valence-electron chi connectivity index (χ4n) is 5.22. The molecule has 3 N–H and O–H groups in total. The fraction of sp³-hybridized carbons (Fsp3) is 0.850. The molecule has 2 aliphatic heterocycles. The van der Waals surface area contributed by atoms with Gasteiger partial charge in [-0.05, 0) is 38.5 Å². The zero-order valence-electron chi connectivity index (χ0n) is 16.9.